The van der Waals surface area contributed by atoms with E-state index in [-0.39, 0.29) is 0 Å². The quantitative estimate of drug-likeness (QED) is 0.482. The summed E-state index contributed by atoms with van der Waals surface area (Å²) < 4.78 is 2.42. The maximum Gasteiger partial charge on any atom is 0.0505 e. The van der Waals surface area contributed by atoms with Crippen LogP contribution in [0.15, 0.2) is 17.5 Å². The Morgan fingerprint density at radius 2 is 2.31 bits per heavy atom. The Labute approximate surface area is 99.0 Å². The van der Waals surface area contributed by atoms with Crippen molar-refractivity contribution in [1.29, 1.82) is 0 Å². The normalized spacial score (nSPS) is 10.9. The highest BCUT2D eigenvalue weighted by Gasteiger charge is 2.08. The van der Waals surface area contributed by atoms with Crippen molar-refractivity contribution in [3.8, 4) is 0 Å². The van der Waals surface area contributed by atoms with Gasteiger partial charge in [-0.05, 0) is 40.1 Å². The summed E-state index contributed by atoms with van der Waals surface area (Å²) in [4.78, 5) is 0. The molecule has 1 heterocycles. The van der Waals surface area contributed by atoms with Crippen LogP contribution in [0.25, 0.3) is 10.1 Å². The Morgan fingerprint density at radius 3 is 3.00 bits per heavy atom. The standard InChI is InChI=1S/C9H7ClINS/c10-4-6-7(12)3-8-5(9(6)11)1-2-13-8/h1-3H,4,12H2. The minimum atomic E-state index is 0.482. The molecule has 13 heavy (non-hydrogen) atoms. The monoisotopic (exact) mass is 323 g/mol. The van der Waals surface area contributed by atoms with Gasteiger partial charge in [-0.15, -0.1) is 22.9 Å². The molecule has 0 aliphatic heterocycles. The predicted molar refractivity (Wildman–Crippen MR) is 68.5 cm³/mol. The van der Waals surface area contributed by atoms with Crippen LogP contribution in [0.5, 0.6) is 0 Å². The number of halogens is 2. The second kappa shape index (κ2) is 3.63. The van der Waals surface area contributed by atoms with Crippen LogP contribution in [-0.2, 0) is 5.88 Å². The molecule has 0 aliphatic rings. The fraction of sp³-hybridized carbons (Fsp3) is 0.111. The molecule has 0 fully saturated rings. The maximum atomic E-state index is 5.87. The summed E-state index contributed by atoms with van der Waals surface area (Å²) in [5.74, 6) is 0.482. The first-order valence-corrected chi connectivity index (χ1v) is 6.23. The summed E-state index contributed by atoms with van der Waals surface area (Å²) in [5.41, 5.74) is 7.72. The SMILES string of the molecule is Nc1cc2sccc2c(I)c1CCl. The Morgan fingerprint density at radius 1 is 1.54 bits per heavy atom. The van der Waals surface area contributed by atoms with Crippen LogP contribution < -0.4 is 5.73 Å². The van der Waals surface area contributed by atoms with Crippen molar-refractivity contribution >= 4 is 61.3 Å². The topological polar surface area (TPSA) is 26.0 Å². The number of alkyl halides is 1. The van der Waals surface area contributed by atoms with Crippen molar-refractivity contribution in [2.24, 2.45) is 0 Å². The van der Waals surface area contributed by atoms with Gasteiger partial charge in [-0.25, -0.2) is 0 Å². The van der Waals surface area contributed by atoms with Crippen LogP contribution in [0.2, 0.25) is 0 Å². The van der Waals surface area contributed by atoms with E-state index in [1.54, 1.807) is 11.3 Å². The van der Waals surface area contributed by atoms with E-state index in [1.165, 1.54) is 13.7 Å². The summed E-state index contributed by atoms with van der Waals surface area (Å²) in [6.45, 7) is 0. The highest BCUT2D eigenvalue weighted by atomic mass is 127. The van der Waals surface area contributed by atoms with E-state index in [0.29, 0.717) is 5.88 Å². The van der Waals surface area contributed by atoms with Gasteiger partial charge in [0.1, 0.15) is 0 Å². The van der Waals surface area contributed by atoms with Gasteiger partial charge >= 0.3 is 0 Å². The number of fused-ring (bicyclic) bond motifs is 1. The summed E-state index contributed by atoms with van der Waals surface area (Å²) in [6, 6.07) is 4.11. The Balaban J connectivity index is 2.85. The van der Waals surface area contributed by atoms with Crippen molar-refractivity contribution in [2.75, 3.05) is 5.73 Å². The van der Waals surface area contributed by atoms with Crippen molar-refractivity contribution < 1.29 is 0 Å². The number of hydrogen-bond acceptors (Lipinski definition) is 2. The average molecular weight is 324 g/mol. The molecular formula is C9H7ClINS. The number of rotatable bonds is 1. The van der Waals surface area contributed by atoms with Gasteiger partial charge in [0, 0.05) is 24.9 Å². The first-order chi connectivity index (χ1) is 6.24. The molecule has 1 aromatic carbocycles. The summed E-state index contributed by atoms with van der Waals surface area (Å²) >= 11 is 9.83. The van der Waals surface area contributed by atoms with E-state index in [2.05, 4.69) is 34.0 Å². The number of thiophene rings is 1. The molecule has 2 aromatic rings. The molecule has 0 atom stereocenters. The van der Waals surface area contributed by atoms with Gasteiger partial charge in [0.25, 0.3) is 0 Å². The zero-order valence-corrected chi connectivity index (χ0v) is 10.4. The van der Waals surface area contributed by atoms with E-state index >= 15 is 0 Å². The molecule has 0 bridgehead atoms. The molecule has 4 heteroatoms. The van der Waals surface area contributed by atoms with Crippen LogP contribution in [0.3, 0.4) is 0 Å². The zero-order chi connectivity index (χ0) is 9.42. The lowest BCUT2D eigenvalue weighted by molar-refractivity contribution is 1.40. The fourth-order valence-corrected chi connectivity index (χ4v) is 3.78. The number of benzene rings is 1. The minimum absolute atomic E-state index is 0.482. The molecule has 0 saturated heterocycles. The van der Waals surface area contributed by atoms with Crippen LogP contribution in [0, 0.1) is 3.57 Å². The van der Waals surface area contributed by atoms with Crippen molar-refractivity contribution in [3.05, 3.63) is 26.6 Å². The van der Waals surface area contributed by atoms with E-state index in [1.807, 2.05) is 6.07 Å². The third-order valence-electron chi connectivity index (χ3n) is 1.97. The van der Waals surface area contributed by atoms with E-state index in [4.69, 9.17) is 17.3 Å². The Kier molecular flexibility index (Phi) is 2.67. The Bertz CT molecular complexity index is 452. The molecule has 2 rings (SSSR count). The predicted octanol–water partition coefficient (Wildman–Crippen LogP) is 3.83. The second-order valence-corrected chi connectivity index (χ2v) is 5.02. The molecule has 0 saturated carbocycles. The molecule has 0 amide bonds. The van der Waals surface area contributed by atoms with Gasteiger partial charge in [-0.2, -0.15) is 0 Å². The second-order valence-electron chi connectivity index (χ2n) is 2.72. The highest BCUT2D eigenvalue weighted by molar-refractivity contribution is 14.1. The molecule has 2 N–H and O–H groups in total. The summed E-state index contributed by atoms with van der Waals surface area (Å²) in [6.07, 6.45) is 0. The molecule has 1 aromatic heterocycles. The lowest BCUT2D eigenvalue weighted by Gasteiger charge is -2.05. The van der Waals surface area contributed by atoms with Crippen LogP contribution >= 0.6 is 45.5 Å². The number of hydrogen-bond donors (Lipinski definition) is 1. The first-order valence-electron chi connectivity index (χ1n) is 3.74. The smallest absolute Gasteiger partial charge is 0.0505 e. The van der Waals surface area contributed by atoms with Gasteiger partial charge in [0.15, 0.2) is 0 Å². The molecule has 0 unspecified atom stereocenters. The average Bonchev–Trinajstić information content (AvgIpc) is 2.53. The molecule has 1 nitrogen and oxygen atoms in total. The van der Waals surface area contributed by atoms with Gasteiger partial charge in [0.05, 0.1) is 5.88 Å². The van der Waals surface area contributed by atoms with E-state index < -0.39 is 0 Å². The third-order valence-corrected chi connectivity index (χ3v) is 4.33. The lowest BCUT2D eigenvalue weighted by Crippen LogP contribution is -1.94. The lowest BCUT2D eigenvalue weighted by atomic mass is 10.1. The van der Waals surface area contributed by atoms with Crippen LogP contribution in [-0.4, -0.2) is 0 Å². The van der Waals surface area contributed by atoms with E-state index in [0.717, 1.165) is 11.3 Å². The van der Waals surface area contributed by atoms with Crippen LogP contribution in [0.1, 0.15) is 5.56 Å². The zero-order valence-electron chi connectivity index (χ0n) is 6.68. The third kappa shape index (κ3) is 1.53. The van der Waals surface area contributed by atoms with Crippen molar-refractivity contribution in [1.82, 2.24) is 0 Å². The maximum absolute atomic E-state index is 5.87. The highest BCUT2D eigenvalue weighted by Crippen LogP contribution is 2.32. The summed E-state index contributed by atoms with van der Waals surface area (Å²) in [7, 11) is 0. The molecule has 0 radical (unpaired) electrons. The van der Waals surface area contributed by atoms with Crippen molar-refractivity contribution in [3.63, 3.8) is 0 Å². The van der Waals surface area contributed by atoms with Gasteiger partial charge < -0.3 is 5.73 Å². The van der Waals surface area contributed by atoms with E-state index in [9.17, 15) is 0 Å². The van der Waals surface area contributed by atoms with Crippen LogP contribution in [0.4, 0.5) is 5.69 Å². The van der Waals surface area contributed by atoms with Gasteiger partial charge in [-0.1, -0.05) is 0 Å². The van der Waals surface area contributed by atoms with Gasteiger partial charge in [0.2, 0.25) is 0 Å². The molecule has 0 spiro atoms. The first kappa shape index (κ1) is 9.55. The molecule has 68 valence electrons. The number of anilines is 1. The largest absolute Gasteiger partial charge is 0.398 e. The summed E-state index contributed by atoms with van der Waals surface area (Å²) in [5, 5.41) is 3.33. The van der Waals surface area contributed by atoms with Crippen molar-refractivity contribution in [2.45, 2.75) is 5.88 Å². The number of nitrogens with two attached hydrogens (primary N) is 1. The molecule has 0 aliphatic carbocycles. The molecular weight excluding hydrogens is 317 g/mol. The van der Waals surface area contributed by atoms with Gasteiger partial charge in [-0.3, -0.25) is 0 Å². The minimum Gasteiger partial charge on any atom is -0.398 e. The Hall–Kier alpha value is -0.000000000000000167. The fourth-order valence-electron chi connectivity index (χ4n) is 1.27. The number of nitrogen functional groups attached to an aromatic ring is 1.